The van der Waals surface area contributed by atoms with Crippen LogP contribution in [0.4, 0.5) is 0 Å². The summed E-state index contributed by atoms with van der Waals surface area (Å²) in [5, 5.41) is 25.6. The van der Waals surface area contributed by atoms with E-state index < -0.39 is 23.9 Å². The Labute approximate surface area is 183 Å². The Morgan fingerprint density at radius 2 is 1.80 bits per heavy atom. The first-order valence-electron chi connectivity index (χ1n) is 8.98. The molecule has 0 aliphatic carbocycles. The summed E-state index contributed by atoms with van der Waals surface area (Å²) in [6, 6.07) is 3.08. The maximum atomic E-state index is 12.0. The predicted octanol–water partition coefficient (Wildman–Crippen LogP) is 1.82. The quantitative estimate of drug-likeness (QED) is 0.227. The van der Waals surface area contributed by atoms with E-state index in [1.807, 2.05) is 0 Å². The molecule has 30 heavy (non-hydrogen) atoms. The average molecular weight is 464 g/mol. The highest BCUT2D eigenvalue weighted by atomic mass is 35.5. The number of carbonyl (C=O) groups is 3. The highest BCUT2D eigenvalue weighted by molar-refractivity contribution is 6.34. The van der Waals surface area contributed by atoms with Crippen molar-refractivity contribution in [3.05, 3.63) is 41.2 Å². The van der Waals surface area contributed by atoms with Gasteiger partial charge in [0.05, 0.1) is 11.7 Å². The minimum atomic E-state index is -1.26. The van der Waals surface area contributed by atoms with Gasteiger partial charge < -0.3 is 20.2 Å². The van der Waals surface area contributed by atoms with Crippen molar-refractivity contribution in [1.82, 2.24) is 14.5 Å². The summed E-state index contributed by atoms with van der Waals surface area (Å²) in [4.78, 5) is 42.2. The van der Waals surface area contributed by atoms with Gasteiger partial charge in [0.1, 0.15) is 11.8 Å². The molecule has 1 atom stereocenters. The van der Waals surface area contributed by atoms with Crippen molar-refractivity contribution in [2.24, 2.45) is 0 Å². The number of carboxylic acid groups (broad SMARTS) is 2. The summed E-state index contributed by atoms with van der Waals surface area (Å²) >= 11 is 11.6. The monoisotopic (exact) mass is 463 g/mol. The summed E-state index contributed by atoms with van der Waals surface area (Å²) < 4.78 is 0.558. The number of pyridine rings is 1. The number of carbonyl (C=O) groups excluding carboxylic acids is 1. The van der Waals surface area contributed by atoms with Crippen LogP contribution in [0.25, 0.3) is 0 Å². The Bertz CT molecular complexity index is 726. The molecule has 0 saturated carbocycles. The molecule has 1 unspecified atom stereocenters. The second-order valence-corrected chi connectivity index (χ2v) is 6.88. The molecule has 0 bridgehead atoms. The molecule has 2 rings (SSSR count). The van der Waals surface area contributed by atoms with Crippen LogP contribution in [-0.2, 0) is 14.4 Å². The SMILES string of the molecule is O=C(O)/C=C\C(=O)O.O=C(c1cccnc1Cl)N(Cl)OCC(O)CN1CCCCC1. The lowest BCUT2D eigenvalue weighted by atomic mass is 10.1. The van der Waals surface area contributed by atoms with E-state index in [-0.39, 0.29) is 17.3 Å². The molecular formula is C18H23Cl2N3O7. The van der Waals surface area contributed by atoms with Crippen molar-refractivity contribution in [2.75, 3.05) is 26.2 Å². The molecule has 0 radical (unpaired) electrons. The zero-order chi connectivity index (χ0) is 22.5. The number of rotatable bonds is 8. The van der Waals surface area contributed by atoms with Gasteiger partial charge in [0, 0.05) is 36.7 Å². The van der Waals surface area contributed by atoms with E-state index in [0.717, 1.165) is 25.9 Å². The number of hydrogen-bond acceptors (Lipinski definition) is 7. The summed E-state index contributed by atoms with van der Waals surface area (Å²) in [6.45, 7) is 2.40. The first-order valence-corrected chi connectivity index (χ1v) is 9.70. The van der Waals surface area contributed by atoms with Gasteiger partial charge in [-0.2, -0.15) is 0 Å². The van der Waals surface area contributed by atoms with Crippen molar-refractivity contribution in [3.8, 4) is 0 Å². The van der Waals surface area contributed by atoms with Crippen LogP contribution in [0.15, 0.2) is 30.5 Å². The van der Waals surface area contributed by atoms with E-state index in [0.29, 0.717) is 23.3 Å². The standard InChI is InChI=1S/C14H19Cl2N3O3.C4H4O4/c15-13-12(5-4-6-17-13)14(21)19(16)22-10-11(20)9-18-7-2-1-3-8-18;5-3(6)1-2-4(7)8/h4-6,11,20H,1-3,7-10H2;1-2H,(H,5,6)(H,7,8)/b;2-1-. The first-order chi connectivity index (χ1) is 14.2. The van der Waals surface area contributed by atoms with Crippen LogP contribution < -0.4 is 0 Å². The molecular weight excluding hydrogens is 441 g/mol. The molecule has 1 aromatic rings. The number of aliphatic hydroxyl groups excluding tert-OH is 1. The van der Waals surface area contributed by atoms with Crippen LogP contribution in [0.5, 0.6) is 0 Å². The zero-order valence-corrected chi connectivity index (χ0v) is 17.5. The Morgan fingerprint density at radius 3 is 2.33 bits per heavy atom. The topological polar surface area (TPSA) is 140 Å². The number of likely N-dealkylation sites (tertiary alicyclic amines) is 1. The number of aromatic nitrogens is 1. The Kier molecular flexibility index (Phi) is 11.9. The van der Waals surface area contributed by atoms with Crippen molar-refractivity contribution >= 4 is 41.2 Å². The number of hydrogen-bond donors (Lipinski definition) is 3. The number of aliphatic hydroxyl groups is 1. The summed E-state index contributed by atoms with van der Waals surface area (Å²) in [5.74, 6) is -3.13. The molecule has 1 amide bonds. The van der Waals surface area contributed by atoms with Crippen molar-refractivity contribution < 1.29 is 34.5 Å². The lowest BCUT2D eigenvalue weighted by Gasteiger charge is -2.28. The Hall–Kier alpha value is -2.24. The third-order valence-corrected chi connectivity index (χ3v) is 4.37. The highest BCUT2D eigenvalue weighted by Crippen LogP contribution is 2.16. The van der Waals surface area contributed by atoms with Gasteiger partial charge in [-0.05, 0) is 38.1 Å². The van der Waals surface area contributed by atoms with Crippen LogP contribution in [-0.4, -0.2) is 80.0 Å². The largest absolute Gasteiger partial charge is 0.478 e. The number of aliphatic carboxylic acids is 2. The van der Waals surface area contributed by atoms with Crippen molar-refractivity contribution in [3.63, 3.8) is 0 Å². The Balaban J connectivity index is 0.000000479. The van der Waals surface area contributed by atoms with Gasteiger partial charge in [0.2, 0.25) is 0 Å². The summed E-state index contributed by atoms with van der Waals surface area (Å²) in [7, 11) is 0. The molecule has 3 N–H and O–H groups in total. The van der Waals surface area contributed by atoms with Crippen LogP contribution in [0.3, 0.4) is 0 Å². The van der Waals surface area contributed by atoms with E-state index >= 15 is 0 Å². The molecule has 1 fully saturated rings. The van der Waals surface area contributed by atoms with Crippen molar-refractivity contribution in [1.29, 1.82) is 0 Å². The molecule has 1 saturated heterocycles. The van der Waals surface area contributed by atoms with Crippen LogP contribution in [0, 0.1) is 0 Å². The van der Waals surface area contributed by atoms with Gasteiger partial charge in [0.25, 0.3) is 5.91 Å². The fraction of sp³-hybridized carbons (Fsp3) is 0.444. The molecule has 1 aliphatic heterocycles. The van der Waals surface area contributed by atoms with Crippen molar-refractivity contribution in [2.45, 2.75) is 25.4 Å². The number of carboxylic acids is 2. The normalized spacial score (nSPS) is 15.2. The fourth-order valence-electron chi connectivity index (χ4n) is 2.49. The average Bonchev–Trinajstić information content (AvgIpc) is 2.71. The maximum absolute atomic E-state index is 12.0. The molecule has 0 spiro atoms. The summed E-state index contributed by atoms with van der Waals surface area (Å²) in [6.07, 6.45) is 5.40. The lowest BCUT2D eigenvalue weighted by Crippen LogP contribution is -2.39. The predicted molar refractivity (Wildman–Crippen MR) is 108 cm³/mol. The van der Waals surface area contributed by atoms with E-state index in [1.54, 1.807) is 6.07 Å². The number of amides is 1. The van der Waals surface area contributed by atoms with Gasteiger partial charge >= 0.3 is 11.9 Å². The van der Waals surface area contributed by atoms with Crippen LogP contribution in [0.2, 0.25) is 5.15 Å². The molecule has 1 aliphatic rings. The van der Waals surface area contributed by atoms with Gasteiger partial charge in [-0.3, -0.25) is 9.63 Å². The van der Waals surface area contributed by atoms with Gasteiger partial charge in [-0.15, -0.1) is 4.58 Å². The second kappa shape index (κ2) is 13.9. The summed E-state index contributed by atoms with van der Waals surface area (Å²) in [5.41, 5.74) is 0.143. The third kappa shape index (κ3) is 10.5. The third-order valence-electron chi connectivity index (χ3n) is 3.82. The molecule has 12 heteroatoms. The van der Waals surface area contributed by atoms with Gasteiger partial charge in [-0.25, -0.2) is 14.6 Å². The maximum Gasteiger partial charge on any atom is 0.328 e. The minimum Gasteiger partial charge on any atom is -0.478 e. The molecule has 166 valence electrons. The van der Waals surface area contributed by atoms with Crippen LogP contribution >= 0.6 is 23.4 Å². The molecule has 10 nitrogen and oxygen atoms in total. The van der Waals surface area contributed by atoms with Gasteiger partial charge in [0.15, 0.2) is 0 Å². The van der Waals surface area contributed by atoms with E-state index in [2.05, 4.69) is 9.88 Å². The van der Waals surface area contributed by atoms with Gasteiger partial charge in [-0.1, -0.05) is 18.0 Å². The molecule has 2 heterocycles. The lowest BCUT2D eigenvalue weighted by molar-refractivity contribution is -0.134. The zero-order valence-electron chi connectivity index (χ0n) is 16.0. The smallest absolute Gasteiger partial charge is 0.328 e. The fourth-order valence-corrected chi connectivity index (χ4v) is 2.83. The second-order valence-electron chi connectivity index (χ2n) is 6.21. The number of nitrogens with zero attached hydrogens (tertiary/aromatic N) is 3. The highest BCUT2D eigenvalue weighted by Gasteiger charge is 2.21. The minimum absolute atomic E-state index is 0.0515. The van der Waals surface area contributed by atoms with E-state index in [4.69, 9.17) is 38.4 Å². The Morgan fingerprint density at radius 1 is 1.20 bits per heavy atom. The van der Waals surface area contributed by atoms with E-state index in [1.165, 1.54) is 18.7 Å². The van der Waals surface area contributed by atoms with E-state index in [9.17, 15) is 19.5 Å². The number of piperidine rings is 1. The van der Waals surface area contributed by atoms with Crippen LogP contribution in [0.1, 0.15) is 29.6 Å². The number of β-amino-alcohol motifs (C(OH)–C–C–N with tert-alkyl or cyclic N) is 1. The molecule has 0 aromatic carbocycles. The first kappa shape index (κ1) is 25.8. The number of hydroxylamine groups is 1. The molecule has 1 aromatic heterocycles. The number of halogens is 2.